The number of hydrogen-bond acceptors (Lipinski definition) is 2. The van der Waals surface area contributed by atoms with Crippen LogP contribution in [-0.2, 0) is 6.54 Å². The van der Waals surface area contributed by atoms with Crippen molar-refractivity contribution in [2.75, 3.05) is 0 Å². The standard InChI is InChI=1S/C8H10N2O.HI/c1-2-10-5-3-8(4-6-10)7-9-11;/h3-7H,2H2,1H3;1H. The Balaban J connectivity index is 0.00000121. The van der Waals surface area contributed by atoms with Crippen LogP contribution in [0.4, 0.5) is 0 Å². The largest absolute Gasteiger partial charge is 1.00 e. The smallest absolute Gasteiger partial charge is 0.169 e. The molecule has 1 rings (SSSR count). The first kappa shape index (κ1) is 11.4. The summed E-state index contributed by atoms with van der Waals surface area (Å²) in [7, 11) is 0. The predicted octanol–water partition coefficient (Wildman–Crippen LogP) is -2.19. The normalized spacial score (nSPS) is 9.75. The second-order valence-electron chi connectivity index (χ2n) is 2.21. The molecule has 66 valence electrons. The van der Waals surface area contributed by atoms with Gasteiger partial charge in [0.15, 0.2) is 12.4 Å². The van der Waals surface area contributed by atoms with E-state index in [-0.39, 0.29) is 24.0 Å². The highest BCUT2D eigenvalue weighted by Gasteiger charge is 1.93. The molecule has 3 nitrogen and oxygen atoms in total. The summed E-state index contributed by atoms with van der Waals surface area (Å²) in [6, 6.07) is 3.78. The quantitative estimate of drug-likeness (QED) is 0.215. The molecule has 1 N–H and O–H groups in total. The lowest BCUT2D eigenvalue weighted by atomic mass is 10.3. The summed E-state index contributed by atoms with van der Waals surface area (Å²) < 4.78 is 2.04. The number of nitrogens with zero attached hydrogens (tertiary/aromatic N) is 2. The Bertz CT molecular complexity index is 246. The molecule has 0 aliphatic heterocycles. The van der Waals surface area contributed by atoms with Crippen LogP contribution in [0.1, 0.15) is 12.5 Å². The molecule has 0 radical (unpaired) electrons. The summed E-state index contributed by atoms with van der Waals surface area (Å²) in [5.74, 6) is 0. The van der Waals surface area contributed by atoms with Gasteiger partial charge in [0.1, 0.15) is 6.54 Å². The van der Waals surface area contributed by atoms with Crippen LogP contribution in [0.25, 0.3) is 0 Å². The monoisotopic (exact) mass is 278 g/mol. The van der Waals surface area contributed by atoms with Gasteiger partial charge in [-0.1, -0.05) is 5.16 Å². The van der Waals surface area contributed by atoms with Crippen LogP contribution in [0.2, 0.25) is 0 Å². The molecule has 0 amide bonds. The Morgan fingerprint density at radius 2 is 2.08 bits per heavy atom. The predicted molar refractivity (Wildman–Crippen MR) is 41.7 cm³/mol. The number of aromatic nitrogens is 1. The third-order valence-electron chi connectivity index (χ3n) is 1.49. The minimum absolute atomic E-state index is 0. The molecule has 0 saturated carbocycles. The lowest BCUT2D eigenvalue weighted by Gasteiger charge is -1.90. The van der Waals surface area contributed by atoms with Crippen LogP contribution in [0.15, 0.2) is 29.7 Å². The van der Waals surface area contributed by atoms with E-state index in [4.69, 9.17) is 5.21 Å². The van der Waals surface area contributed by atoms with Crippen molar-refractivity contribution in [3.63, 3.8) is 0 Å². The molecule has 0 atom stereocenters. The summed E-state index contributed by atoms with van der Waals surface area (Å²) in [4.78, 5) is 0. The van der Waals surface area contributed by atoms with Crippen LogP contribution in [0.5, 0.6) is 0 Å². The average Bonchev–Trinajstić information content (AvgIpc) is 2.07. The van der Waals surface area contributed by atoms with Crippen molar-refractivity contribution >= 4 is 6.21 Å². The Kier molecular flexibility index (Phi) is 5.61. The summed E-state index contributed by atoms with van der Waals surface area (Å²) >= 11 is 0. The second-order valence-corrected chi connectivity index (χ2v) is 2.21. The highest BCUT2D eigenvalue weighted by atomic mass is 127. The Hall–Kier alpha value is -0.650. The lowest BCUT2D eigenvalue weighted by Crippen LogP contribution is -3.00. The van der Waals surface area contributed by atoms with Crippen LogP contribution in [0.3, 0.4) is 0 Å². The molecular weight excluding hydrogens is 267 g/mol. The number of pyridine rings is 1. The molecule has 1 heterocycles. The molecule has 4 heteroatoms. The van der Waals surface area contributed by atoms with E-state index in [0.29, 0.717) is 0 Å². The second kappa shape index (κ2) is 5.93. The van der Waals surface area contributed by atoms with Gasteiger partial charge in [0, 0.05) is 17.7 Å². The minimum atomic E-state index is 0. The fraction of sp³-hybridized carbons (Fsp3) is 0.250. The zero-order valence-corrected chi connectivity index (χ0v) is 8.97. The number of halogens is 1. The van der Waals surface area contributed by atoms with Gasteiger partial charge in [-0.05, 0) is 6.92 Å². The molecule has 0 aliphatic rings. The van der Waals surface area contributed by atoms with Gasteiger partial charge in [0.2, 0.25) is 0 Å². The van der Waals surface area contributed by atoms with E-state index in [1.165, 1.54) is 6.21 Å². The molecule has 0 aliphatic carbocycles. The Morgan fingerprint density at radius 3 is 2.50 bits per heavy atom. The van der Waals surface area contributed by atoms with Gasteiger partial charge >= 0.3 is 0 Å². The van der Waals surface area contributed by atoms with Gasteiger partial charge in [0.25, 0.3) is 0 Å². The van der Waals surface area contributed by atoms with Gasteiger partial charge in [-0.2, -0.15) is 0 Å². The van der Waals surface area contributed by atoms with Crippen LogP contribution < -0.4 is 28.5 Å². The van der Waals surface area contributed by atoms with Crippen molar-refractivity contribution in [3.05, 3.63) is 30.1 Å². The van der Waals surface area contributed by atoms with E-state index in [1.54, 1.807) is 0 Å². The highest BCUT2D eigenvalue weighted by Crippen LogP contribution is 1.89. The van der Waals surface area contributed by atoms with Crippen LogP contribution in [-0.4, -0.2) is 11.4 Å². The average molecular weight is 278 g/mol. The Labute approximate surface area is 88.7 Å². The number of hydrogen-bond donors (Lipinski definition) is 1. The van der Waals surface area contributed by atoms with Gasteiger partial charge in [0.05, 0.1) is 6.21 Å². The molecule has 0 saturated heterocycles. The van der Waals surface area contributed by atoms with Gasteiger partial charge in [-0.25, -0.2) is 4.57 Å². The number of rotatable bonds is 2. The molecule has 0 fully saturated rings. The van der Waals surface area contributed by atoms with Gasteiger partial charge in [-0.15, -0.1) is 0 Å². The van der Waals surface area contributed by atoms with Gasteiger partial charge < -0.3 is 29.2 Å². The summed E-state index contributed by atoms with van der Waals surface area (Å²) in [5.41, 5.74) is 0.900. The maximum absolute atomic E-state index is 8.21. The van der Waals surface area contributed by atoms with Crippen molar-refractivity contribution in [2.24, 2.45) is 5.16 Å². The first-order valence-corrected chi connectivity index (χ1v) is 3.53. The molecule has 0 spiro atoms. The molecule has 0 aromatic carbocycles. The van der Waals surface area contributed by atoms with Crippen molar-refractivity contribution in [1.29, 1.82) is 0 Å². The maximum atomic E-state index is 8.21. The van der Waals surface area contributed by atoms with Crippen LogP contribution in [0, 0.1) is 0 Å². The fourth-order valence-corrected chi connectivity index (χ4v) is 0.832. The number of oxime groups is 1. The topological polar surface area (TPSA) is 36.5 Å². The first-order chi connectivity index (χ1) is 5.36. The lowest BCUT2D eigenvalue weighted by molar-refractivity contribution is -0.693. The third kappa shape index (κ3) is 3.17. The minimum Gasteiger partial charge on any atom is -1.00 e. The molecule has 1 aromatic heterocycles. The van der Waals surface area contributed by atoms with E-state index in [1.807, 2.05) is 29.1 Å². The van der Waals surface area contributed by atoms with E-state index >= 15 is 0 Å². The Morgan fingerprint density at radius 1 is 1.50 bits per heavy atom. The zero-order valence-electron chi connectivity index (χ0n) is 6.81. The van der Waals surface area contributed by atoms with Gasteiger partial charge in [-0.3, -0.25) is 0 Å². The van der Waals surface area contributed by atoms with E-state index in [0.717, 1.165) is 12.1 Å². The molecule has 1 aromatic rings. The summed E-state index contributed by atoms with van der Waals surface area (Å²) in [6.45, 7) is 3.02. The van der Waals surface area contributed by atoms with Crippen molar-refractivity contribution in [3.8, 4) is 0 Å². The summed E-state index contributed by atoms with van der Waals surface area (Å²) in [6.07, 6.45) is 5.29. The maximum Gasteiger partial charge on any atom is 0.169 e. The first-order valence-electron chi connectivity index (χ1n) is 3.53. The fourth-order valence-electron chi connectivity index (χ4n) is 0.832. The van der Waals surface area contributed by atoms with E-state index in [2.05, 4.69) is 12.1 Å². The van der Waals surface area contributed by atoms with E-state index < -0.39 is 0 Å². The third-order valence-corrected chi connectivity index (χ3v) is 1.49. The molecule has 0 bridgehead atoms. The zero-order chi connectivity index (χ0) is 8.10. The number of aryl methyl sites for hydroxylation is 1. The molecule has 0 unspecified atom stereocenters. The van der Waals surface area contributed by atoms with Crippen molar-refractivity contribution < 1.29 is 33.8 Å². The molecular formula is C8H11IN2O. The highest BCUT2D eigenvalue weighted by molar-refractivity contribution is 5.78. The van der Waals surface area contributed by atoms with Crippen molar-refractivity contribution in [1.82, 2.24) is 0 Å². The van der Waals surface area contributed by atoms with Crippen molar-refractivity contribution in [2.45, 2.75) is 13.5 Å². The SMILES string of the molecule is CC[n+]1ccc(C=NO)cc1.[I-]. The summed E-state index contributed by atoms with van der Waals surface area (Å²) in [5, 5.41) is 11.1. The molecule has 12 heavy (non-hydrogen) atoms. The van der Waals surface area contributed by atoms with E-state index in [9.17, 15) is 0 Å². The van der Waals surface area contributed by atoms with Crippen LogP contribution >= 0.6 is 0 Å².